The van der Waals surface area contributed by atoms with E-state index < -0.39 is 0 Å². The van der Waals surface area contributed by atoms with Crippen molar-refractivity contribution in [1.29, 1.82) is 0 Å². The molecule has 0 atom stereocenters. The molecule has 31 heavy (non-hydrogen) atoms. The molecule has 6 nitrogen and oxygen atoms in total. The number of benzene rings is 2. The third-order valence-corrected chi connectivity index (χ3v) is 5.33. The first-order valence-electron chi connectivity index (χ1n) is 9.44. The molecular weight excluding hydrogens is 419 g/mol. The van der Waals surface area contributed by atoms with Gasteiger partial charge in [0.05, 0.1) is 19.9 Å². The molecular formula is C23H19FN2O4S. The number of thiazole rings is 1. The predicted octanol–water partition coefficient (Wildman–Crippen LogP) is 5.06. The summed E-state index contributed by atoms with van der Waals surface area (Å²) in [6.07, 6.45) is 1.56. The average molecular weight is 438 g/mol. The van der Waals surface area contributed by atoms with Crippen LogP contribution in [-0.4, -0.2) is 18.0 Å². The topological polar surface area (TPSA) is 73.6 Å². The van der Waals surface area contributed by atoms with E-state index in [4.69, 9.17) is 13.9 Å². The van der Waals surface area contributed by atoms with E-state index in [9.17, 15) is 9.18 Å². The molecule has 0 saturated carbocycles. The second-order valence-corrected chi connectivity index (χ2v) is 7.44. The first-order chi connectivity index (χ1) is 15.1. The number of methoxy groups -OCH3 is 1. The molecule has 0 aliphatic heterocycles. The highest BCUT2D eigenvalue weighted by atomic mass is 32.1. The first-order valence-corrected chi connectivity index (χ1v) is 10.3. The van der Waals surface area contributed by atoms with Gasteiger partial charge in [-0.2, -0.15) is 0 Å². The Hall–Kier alpha value is -3.65. The Morgan fingerprint density at radius 1 is 1.16 bits per heavy atom. The van der Waals surface area contributed by atoms with Gasteiger partial charge in [0, 0.05) is 10.9 Å². The van der Waals surface area contributed by atoms with Crippen molar-refractivity contribution in [2.75, 3.05) is 7.11 Å². The normalized spacial score (nSPS) is 10.6. The molecule has 8 heteroatoms. The monoisotopic (exact) mass is 438 g/mol. The number of nitrogens with zero attached hydrogens (tertiary/aromatic N) is 1. The van der Waals surface area contributed by atoms with Gasteiger partial charge < -0.3 is 19.2 Å². The first kappa shape index (κ1) is 20.6. The highest BCUT2D eigenvalue weighted by Gasteiger charge is 2.14. The Morgan fingerprint density at radius 2 is 2.06 bits per heavy atom. The second kappa shape index (κ2) is 9.44. The van der Waals surface area contributed by atoms with Crippen molar-refractivity contribution in [1.82, 2.24) is 10.3 Å². The van der Waals surface area contributed by atoms with Crippen molar-refractivity contribution in [3.05, 3.63) is 89.1 Å². The Bertz CT molecular complexity index is 1170. The van der Waals surface area contributed by atoms with Crippen LogP contribution in [0.1, 0.15) is 21.8 Å². The number of halogens is 1. The van der Waals surface area contributed by atoms with Crippen molar-refractivity contribution < 1.29 is 23.1 Å². The number of furan rings is 1. The summed E-state index contributed by atoms with van der Waals surface area (Å²) >= 11 is 1.36. The van der Waals surface area contributed by atoms with Crippen molar-refractivity contribution in [2.24, 2.45) is 0 Å². The molecule has 0 aliphatic rings. The number of amides is 1. The number of carbonyl (C=O) groups is 1. The highest BCUT2D eigenvalue weighted by Crippen LogP contribution is 2.34. The van der Waals surface area contributed by atoms with Crippen LogP contribution in [0.3, 0.4) is 0 Å². The quantitative estimate of drug-likeness (QED) is 0.416. The van der Waals surface area contributed by atoms with E-state index in [-0.39, 0.29) is 18.3 Å². The van der Waals surface area contributed by atoms with Gasteiger partial charge in [-0.25, -0.2) is 9.37 Å². The molecule has 4 rings (SSSR count). The second-order valence-electron chi connectivity index (χ2n) is 6.58. The van der Waals surface area contributed by atoms with E-state index in [0.29, 0.717) is 34.5 Å². The zero-order valence-electron chi connectivity index (χ0n) is 16.6. The summed E-state index contributed by atoms with van der Waals surface area (Å²) in [6, 6.07) is 15.2. The lowest BCUT2D eigenvalue weighted by Crippen LogP contribution is -2.22. The summed E-state index contributed by atoms with van der Waals surface area (Å²) in [6.45, 7) is 0.509. The van der Waals surface area contributed by atoms with Crippen LogP contribution >= 0.6 is 11.3 Å². The zero-order valence-corrected chi connectivity index (χ0v) is 17.4. The van der Waals surface area contributed by atoms with Gasteiger partial charge in [0.1, 0.15) is 28.9 Å². The maximum atomic E-state index is 13.3. The summed E-state index contributed by atoms with van der Waals surface area (Å²) < 4.78 is 29.8. The summed E-state index contributed by atoms with van der Waals surface area (Å²) in [5, 5.41) is 5.15. The van der Waals surface area contributed by atoms with Crippen LogP contribution in [0, 0.1) is 5.82 Å². The van der Waals surface area contributed by atoms with Crippen LogP contribution in [0.15, 0.2) is 70.7 Å². The third kappa shape index (κ3) is 5.10. The van der Waals surface area contributed by atoms with E-state index in [1.807, 2.05) is 6.07 Å². The van der Waals surface area contributed by atoms with E-state index in [1.165, 1.54) is 23.5 Å². The van der Waals surface area contributed by atoms with Gasteiger partial charge in [0.2, 0.25) is 0 Å². The minimum Gasteiger partial charge on any atom is -0.493 e. The summed E-state index contributed by atoms with van der Waals surface area (Å²) in [7, 11) is 1.55. The fourth-order valence-corrected chi connectivity index (χ4v) is 3.69. The van der Waals surface area contributed by atoms with Crippen LogP contribution in [-0.2, 0) is 13.2 Å². The third-order valence-electron chi connectivity index (χ3n) is 4.43. The number of hydrogen-bond donors (Lipinski definition) is 1. The molecule has 158 valence electrons. The van der Waals surface area contributed by atoms with Gasteiger partial charge in [0.15, 0.2) is 11.5 Å². The van der Waals surface area contributed by atoms with E-state index in [1.54, 1.807) is 55.2 Å². The molecule has 0 unspecified atom stereocenters. The molecule has 2 heterocycles. The number of rotatable bonds is 8. The summed E-state index contributed by atoms with van der Waals surface area (Å²) in [5.74, 6) is 1.14. The van der Waals surface area contributed by atoms with Crippen LogP contribution in [0.5, 0.6) is 11.5 Å². The molecule has 2 aromatic heterocycles. The molecule has 0 radical (unpaired) electrons. The molecule has 0 spiro atoms. The number of carbonyl (C=O) groups excluding carboxylic acids is 1. The minimum atomic E-state index is -0.309. The summed E-state index contributed by atoms with van der Waals surface area (Å²) in [5.41, 5.74) is 1.85. The highest BCUT2D eigenvalue weighted by molar-refractivity contribution is 7.13. The Labute approximate surface area is 182 Å². The molecule has 4 aromatic rings. The standard InChI is InChI=1S/C23H19FN2O4S/c1-28-21-11-16(7-8-20(21)30-13-15-4-2-5-17(24)10-15)23-26-19(14-31-23)22(27)25-12-18-6-3-9-29-18/h2-11,14H,12-13H2,1H3,(H,25,27). The lowest BCUT2D eigenvalue weighted by Gasteiger charge is -2.12. The van der Waals surface area contributed by atoms with Crippen LogP contribution in [0.25, 0.3) is 10.6 Å². The molecule has 0 aliphatic carbocycles. The molecule has 1 amide bonds. The lowest BCUT2D eigenvalue weighted by molar-refractivity contribution is 0.0944. The maximum absolute atomic E-state index is 13.3. The molecule has 0 fully saturated rings. The molecule has 2 aromatic carbocycles. The van der Waals surface area contributed by atoms with Crippen molar-refractivity contribution in [3.8, 4) is 22.1 Å². The SMILES string of the molecule is COc1cc(-c2nc(C(=O)NCc3ccco3)cs2)ccc1OCc1cccc(F)c1. The number of ether oxygens (including phenoxy) is 2. The van der Waals surface area contributed by atoms with Crippen molar-refractivity contribution in [2.45, 2.75) is 13.2 Å². The smallest absolute Gasteiger partial charge is 0.271 e. The van der Waals surface area contributed by atoms with Crippen LogP contribution in [0.4, 0.5) is 4.39 Å². The average Bonchev–Trinajstić information content (AvgIpc) is 3.48. The lowest BCUT2D eigenvalue weighted by atomic mass is 10.2. The van der Waals surface area contributed by atoms with Crippen molar-refractivity contribution >= 4 is 17.2 Å². The molecule has 0 saturated heterocycles. The Morgan fingerprint density at radius 3 is 2.84 bits per heavy atom. The van der Waals surface area contributed by atoms with Gasteiger partial charge in [0.25, 0.3) is 5.91 Å². The Balaban J connectivity index is 1.44. The van der Waals surface area contributed by atoms with E-state index in [0.717, 1.165) is 11.1 Å². The number of hydrogen-bond acceptors (Lipinski definition) is 6. The number of aromatic nitrogens is 1. The predicted molar refractivity (Wildman–Crippen MR) is 115 cm³/mol. The number of nitrogens with one attached hydrogen (secondary N) is 1. The molecule has 0 bridgehead atoms. The van der Waals surface area contributed by atoms with Gasteiger partial charge in [-0.3, -0.25) is 4.79 Å². The largest absolute Gasteiger partial charge is 0.493 e. The zero-order chi connectivity index (χ0) is 21.6. The minimum absolute atomic E-state index is 0.213. The van der Waals surface area contributed by atoms with Gasteiger partial charge >= 0.3 is 0 Å². The maximum Gasteiger partial charge on any atom is 0.271 e. The van der Waals surface area contributed by atoms with Gasteiger partial charge in [-0.05, 0) is 48.0 Å². The van der Waals surface area contributed by atoms with Crippen LogP contribution < -0.4 is 14.8 Å². The van der Waals surface area contributed by atoms with Crippen molar-refractivity contribution in [3.63, 3.8) is 0 Å². The van der Waals surface area contributed by atoms with Crippen LogP contribution in [0.2, 0.25) is 0 Å². The fourth-order valence-electron chi connectivity index (χ4n) is 2.89. The van der Waals surface area contributed by atoms with E-state index >= 15 is 0 Å². The van der Waals surface area contributed by atoms with E-state index in [2.05, 4.69) is 10.3 Å². The molecule has 1 N–H and O–H groups in total. The van der Waals surface area contributed by atoms with Gasteiger partial charge in [-0.1, -0.05) is 12.1 Å². The summed E-state index contributed by atoms with van der Waals surface area (Å²) in [4.78, 5) is 16.8. The fraction of sp³-hybridized carbons (Fsp3) is 0.130. The van der Waals surface area contributed by atoms with Gasteiger partial charge in [-0.15, -0.1) is 11.3 Å². The Kier molecular flexibility index (Phi) is 6.28.